The molecule has 0 atom stereocenters. The maximum Gasteiger partial charge on any atom is 0.254 e. The van der Waals surface area contributed by atoms with Crippen LogP contribution in [0.15, 0.2) is 65.5 Å². The summed E-state index contributed by atoms with van der Waals surface area (Å²) in [6.45, 7) is 5.86. The third-order valence-corrected chi connectivity index (χ3v) is 4.90. The van der Waals surface area contributed by atoms with E-state index in [1.54, 1.807) is 6.33 Å². The molecule has 130 valence electrons. The fourth-order valence-corrected chi connectivity index (χ4v) is 3.51. The van der Waals surface area contributed by atoms with Gasteiger partial charge in [0, 0.05) is 39.8 Å². The molecular weight excluding hydrogens is 392 g/mol. The number of rotatable bonds is 2. The number of aromatic nitrogens is 2. The van der Waals surface area contributed by atoms with Crippen molar-refractivity contribution in [3.63, 3.8) is 0 Å². The standard InChI is InChI=1S/C20H17BrN4O/c1-13-11-25(8-7-22-13)20(26)15-4-2-3-14(9-15)19-17-10-16(21)5-6-18(17)23-12-24-19/h2-6,9-10,12,22H,1,7-8,11H2. The van der Waals surface area contributed by atoms with Crippen molar-refractivity contribution < 1.29 is 4.79 Å². The van der Waals surface area contributed by atoms with Crippen LogP contribution in [0.4, 0.5) is 0 Å². The van der Waals surface area contributed by atoms with E-state index >= 15 is 0 Å². The summed E-state index contributed by atoms with van der Waals surface area (Å²) in [7, 11) is 0. The number of carbonyl (C=O) groups excluding carboxylic acids is 1. The average Bonchev–Trinajstić information content (AvgIpc) is 2.67. The van der Waals surface area contributed by atoms with Gasteiger partial charge in [-0.2, -0.15) is 0 Å². The number of benzene rings is 2. The minimum atomic E-state index is 0.00837. The van der Waals surface area contributed by atoms with E-state index in [4.69, 9.17) is 0 Å². The van der Waals surface area contributed by atoms with Crippen molar-refractivity contribution in [3.8, 4) is 11.3 Å². The molecule has 2 aromatic carbocycles. The van der Waals surface area contributed by atoms with Crippen molar-refractivity contribution >= 4 is 32.7 Å². The molecule has 4 rings (SSSR count). The van der Waals surface area contributed by atoms with E-state index in [2.05, 4.69) is 37.8 Å². The molecule has 1 aromatic heterocycles. The fraction of sp³-hybridized carbons (Fsp3) is 0.150. The molecule has 6 heteroatoms. The zero-order valence-corrected chi connectivity index (χ0v) is 15.7. The Morgan fingerprint density at radius 2 is 2.08 bits per heavy atom. The van der Waals surface area contributed by atoms with Gasteiger partial charge < -0.3 is 10.2 Å². The second-order valence-corrected chi connectivity index (χ2v) is 7.14. The highest BCUT2D eigenvalue weighted by Gasteiger charge is 2.20. The number of hydrogen-bond acceptors (Lipinski definition) is 4. The SMILES string of the molecule is C=C1CN(C(=O)c2cccc(-c3ncnc4ccc(Br)cc34)c2)CCN1. The van der Waals surface area contributed by atoms with E-state index in [-0.39, 0.29) is 5.91 Å². The quantitative estimate of drug-likeness (QED) is 0.703. The van der Waals surface area contributed by atoms with Gasteiger partial charge in [0.25, 0.3) is 5.91 Å². The van der Waals surface area contributed by atoms with E-state index in [1.165, 1.54) is 0 Å². The van der Waals surface area contributed by atoms with Gasteiger partial charge in [-0.05, 0) is 30.3 Å². The van der Waals surface area contributed by atoms with Crippen molar-refractivity contribution in [3.05, 3.63) is 71.1 Å². The van der Waals surface area contributed by atoms with Gasteiger partial charge in [-0.25, -0.2) is 9.97 Å². The molecule has 1 fully saturated rings. The van der Waals surface area contributed by atoms with Crippen molar-refractivity contribution in [2.75, 3.05) is 19.6 Å². The first-order valence-electron chi connectivity index (χ1n) is 8.33. The maximum atomic E-state index is 12.9. The Bertz CT molecular complexity index is 1020. The third-order valence-electron chi connectivity index (χ3n) is 4.41. The Labute approximate surface area is 159 Å². The molecule has 1 aliphatic heterocycles. The highest BCUT2D eigenvalue weighted by atomic mass is 79.9. The van der Waals surface area contributed by atoms with Crippen LogP contribution in [0.5, 0.6) is 0 Å². The van der Waals surface area contributed by atoms with Crippen LogP contribution in [0.3, 0.4) is 0 Å². The van der Waals surface area contributed by atoms with Crippen LogP contribution in [0.1, 0.15) is 10.4 Å². The van der Waals surface area contributed by atoms with E-state index in [1.807, 2.05) is 47.4 Å². The van der Waals surface area contributed by atoms with E-state index in [0.717, 1.165) is 38.9 Å². The number of halogens is 1. The van der Waals surface area contributed by atoms with Gasteiger partial charge in [0.05, 0.1) is 17.8 Å². The predicted octanol–water partition coefficient (Wildman–Crippen LogP) is 3.62. The van der Waals surface area contributed by atoms with Gasteiger partial charge >= 0.3 is 0 Å². The summed E-state index contributed by atoms with van der Waals surface area (Å²) in [4.78, 5) is 23.5. The van der Waals surface area contributed by atoms with Crippen molar-refractivity contribution in [2.45, 2.75) is 0 Å². The first kappa shape index (κ1) is 16.7. The minimum Gasteiger partial charge on any atom is -0.386 e. The zero-order chi connectivity index (χ0) is 18.1. The van der Waals surface area contributed by atoms with Gasteiger partial charge in [-0.15, -0.1) is 0 Å². The molecule has 2 heterocycles. The smallest absolute Gasteiger partial charge is 0.254 e. The molecule has 1 saturated heterocycles. The zero-order valence-electron chi connectivity index (χ0n) is 14.1. The molecule has 26 heavy (non-hydrogen) atoms. The summed E-state index contributed by atoms with van der Waals surface area (Å²) >= 11 is 3.50. The number of hydrogen-bond donors (Lipinski definition) is 1. The normalized spacial score (nSPS) is 14.3. The molecule has 0 bridgehead atoms. The van der Waals surface area contributed by atoms with Gasteiger partial charge in [-0.3, -0.25) is 4.79 Å². The van der Waals surface area contributed by atoms with Crippen molar-refractivity contribution in [2.24, 2.45) is 0 Å². The molecule has 0 aliphatic carbocycles. The third kappa shape index (κ3) is 3.20. The maximum absolute atomic E-state index is 12.9. The van der Waals surface area contributed by atoms with E-state index in [9.17, 15) is 4.79 Å². The highest BCUT2D eigenvalue weighted by molar-refractivity contribution is 9.10. The molecule has 1 aliphatic rings. The van der Waals surface area contributed by atoms with Crippen LogP contribution in [0, 0.1) is 0 Å². The number of carbonyl (C=O) groups is 1. The summed E-state index contributed by atoms with van der Waals surface area (Å²) in [6.07, 6.45) is 1.56. The van der Waals surface area contributed by atoms with Gasteiger partial charge in [-0.1, -0.05) is 34.6 Å². The Kier molecular flexibility index (Phi) is 4.42. The van der Waals surface area contributed by atoms with Crippen LogP contribution in [-0.4, -0.2) is 40.4 Å². The Balaban J connectivity index is 1.73. The van der Waals surface area contributed by atoms with Crippen LogP contribution in [-0.2, 0) is 0 Å². The molecule has 5 nitrogen and oxygen atoms in total. The van der Waals surface area contributed by atoms with Crippen molar-refractivity contribution in [1.82, 2.24) is 20.2 Å². The van der Waals surface area contributed by atoms with E-state index in [0.29, 0.717) is 18.7 Å². The lowest BCUT2D eigenvalue weighted by Crippen LogP contribution is -2.44. The average molecular weight is 409 g/mol. The molecule has 1 N–H and O–H groups in total. The Hall–Kier alpha value is -2.73. The highest BCUT2D eigenvalue weighted by Crippen LogP contribution is 2.28. The lowest BCUT2D eigenvalue weighted by molar-refractivity contribution is 0.0754. The minimum absolute atomic E-state index is 0.00837. The molecular formula is C20H17BrN4O. The van der Waals surface area contributed by atoms with Crippen LogP contribution < -0.4 is 5.32 Å². The Morgan fingerprint density at radius 1 is 1.19 bits per heavy atom. The predicted molar refractivity (Wildman–Crippen MR) is 106 cm³/mol. The second-order valence-electron chi connectivity index (χ2n) is 6.22. The summed E-state index contributed by atoms with van der Waals surface area (Å²) in [5.41, 5.74) is 4.10. The first-order chi connectivity index (χ1) is 12.6. The molecule has 0 radical (unpaired) electrons. The summed E-state index contributed by atoms with van der Waals surface area (Å²) in [6, 6.07) is 13.5. The number of nitrogens with zero attached hydrogens (tertiary/aromatic N) is 3. The summed E-state index contributed by atoms with van der Waals surface area (Å²) in [5, 5.41) is 4.12. The van der Waals surface area contributed by atoms with Crippen LogP contribution >= 0.6 is 15.9 Å². The molecule has 1 amide bonds. The molecule has 3 aromatic rings. The lowest BCUT2D eigenvalue weighted by Gasteiger charge is -2.29. The number of fused-ring (bicyclic) bond motifs is 1. The van der Waals surface area contributed by atoms with Gasteiger partial charge in [0.1, 0.15) is 6.33 Å². The lowest BCUT2D eigenvalue weighted by atomic mass is 10.0. The molecule has 0 saturated carbocycles. The monoisotopic (exact) mass is 408 g/mol. The van der Waals surface area contributed by atoms with Gasteiger partial charge in [0.15, 0.2) is 0 Å². The first-order valence-corrected chi connectivity index (χ1v) is 9.13. The number of amides is 1. The largest absolute Gasteiger partial charge is 0.386 e. The topological polar surface area (TPSA) is 58.1 Å². The van der Waals surface area contributed by atoms with Crippen LogP contribution in [0.2, 0.25) is 0 Å². The summed E-state index contributed by atoms with van der Waals surface area (Å²) < 4.78 is 0.965. The van der Waals surface area contributed by atoms with Crippen LogP contribution in [0.25, 0.3) is 22.2 Å². The number of nitrogens with one attached hydrogen (secondary N) is 1. The van der Waals surface area contributed by atoms with E-state index < -0.39 is 0 Å². The number of piperazine rings is 1. The Morgan fingerprint density at radius 3 is 2.92 bits per heavy atom. The molecule has 0 spiro atoms. The summed E-state index contributed by atoms with van der Waals surface area (Å²) in [5.74, 6) is 0.00837. The van der Waals surface area contributed by atoms with Gasteiger partial charge in [0.2, 0.25) is 0 Å². The second kappa shape index (κ2) is 6.88. The van der Waals surface area contributed by atoms with Crippen molar-refractivity contribution in [1.29, 1.82) is 0 Å². The fourth-order valence-electron chi connectivity index (χ4n) is 3.15. The molecule has 0 unspecified atom stereocenters.